The Morgan fingerprint density at radius 2 is 1.96 bits per heavy atom. The van der Waals surface area contributed by atoms with Crippen molar-refractivity contribution >= 4 is 17.3 Å². The number of fused-ring (bicyclic) bond motifs is 5. The van der Waals surface area contributed by atoms with Gasteiger partial charge < -0.3 is 0 Å². The van der Waals surface area contributed by atoms with Gasteiger partial charge in [-0.25, -0.2) is 0 Å². The first-order valence-electron chi connectivity index (χ1n) is 9.99. The van der Waals surface area contributed by atoms with E-state index in [2.05, 4.69) is 13.8 Å². The van der Waals surface area contributed by atoms with Crippen LogP contribution < -0.4 is 0 Å². The number of allylic oxidation sites excluding steroid dienone is 1. The van der Waals surface area contributed by atoms with Gasteiger partial charge in [0, 0.05) is 5.92 Å². The SMILES string of the molecule is C[C@]12C(=O)CC(=O)C=C1CC[C@@H]1[C@@H]2CC[C@]2(C)[C@@H](C(=O)CC#N)CC[C@@H]12. The predicted octanol–water partition coefficient (Wildman–Crippen LogP) is 3.80. The second-order valence-electron chi connectivity index (χ2n) is 9.33. The number of hydrogen-bond acceptors (Lipinski definition) is 4. The lowest BCUT2D eigenvalue weighted by atomic mass is 9.46. The first-order chi connectivity index (χ1) is 12.3. The fourth-order valence-electron chi connectivity index (χ4n) is 7.15. The van der Waals surface area contributed by atoms with Crippen LogP contribution in [0.3, 0.4) is 0 Å². The third-order valence-corrected chi connectivity index (χ3v) is 8.48. The number of carbonyl (C=O) groups excluding carboxylic acids is 3. The topological polar surface area (TPSA) is 75.0 Å². The maximum Gasteiger partial charge on any atom is 0.163 e. The summed E-state index contributed by atoms with van der Waals surface area (Å²) in [4.78, 5) is 37.3. The molecule has 4 nitrogen and oxygen atoms in total. The molecule has 0 bridgehead atoms. The molecule has 0 heterocycles. The molecule has 0 unspecified atom stereocenters. The second-order valence-corrected chi connectivity index (χ2v) is 9.33. The summed E-state index contributed by atoms with van der Waals surface area (Å²) in [6, 6.07) is 2.03. The fraction of sp³-hybridized carbons (Fsp3) is 0.727. The summed E-state index contributed by atoms with van der Waals surface area (Å²) in [6.45, 7) is 4.32. The molecule has 3 fully saturated rings. The highest BCUT2D eigenvalue weighted by Crippen LogP contribution is 2.66. The van der Waals surface area contributed by atoms with E-state index in [0.717, 1.165) is 44.1 Å². The van der Waals surface area contributed by atoms with Crippen LogP contribution in [0.25, 0.3) is 0 Å². The van der Waals surface area contributed by atoms with Crippen molar-refractivity contribution in [2.45, 2.75) is 65.2 Å². The molecule has 0 spiro atoms. The van der Waals surface area contributed by atoms with Crippen molar-refractivity contribution in [3.8, 4) is 6.07 Å². The molecule has 0 radical (unpaired) electrons. The highest BCUT2D eigenvalue weighted by Gasteiger charge is 2.61. The molecule has 4 rings (SSSR count). The lowest BCUT2D eigenvalue weighted by Gasteiger charge is -2.57. The van der Waals surface area contributed by atoms with Gasteiger partial charge in [0.15, 0.2) is 17.3 Å². The summed E-state index contributed by atoms with van der Waals surface area (Å²) in [5, 5.41) is 8.94. The van der Waals surface area contributed by atoms with Crippen molar-refractivity contribution in [3.63, 3.8) is 0 Å². The van der Waals surface area contributed by atoms with Gasteiger partial charge in [0.2, 0.25) is 0 Å². The zero-order valence-electron chi connectivity index (χ0n) is 15.7. The minimum Gasteiger partial charge on any atom is -0.298 e. The van der Waals surface area contributed by atoms with Crippen molar-refractivity contribution in [1.29, 1.82) is 5.26 Å². The van der Waals surface area contributed by atoms with Crippen molar-refractivity contribution < 1.29 is 14.4 Å². The van der Waals surface area contributed by atoms with Gasteiger partial charge in [-0.2, -0.15) is 5.26 Å². The molecular formula is C22H27NO3. The molecule has 0 aromatic rings. The van der Waals surface area contributed by atoms with Gasteiger partial charge in [-0.15, -0.1) is 0 Å². The molecular weight excluding hydrogens is 326 g/mol. The lowest BCUT2D eigenvalue weighted by molar-refractivity contribution is -0.142. The van der Waals surface area contributed by atoms with E-state index in [0.29, 0.717) is 17.8 Å². The highest BCUT2D eigenvalue weighted by atomic mass is 16.2. The zero-order valence-corrected chi connectivity index (χ0v) is 15.7. The Hall–Kier alpha value is -1.76. The monoisotopic (exact) mass is 353 g/mol. The quantitative estimate of drug-likeness (QED) is 0.708. The van der Waals surface area contributed by atoms with Crippen LogP contribution in [0.4, 0.5) is 0 Å². The largest absolute Gasteiger partial charge is 0.298 e. The molecule has 26 heavy (non-hydrogen) atoms. The summed E-state index contributed by atoms with van der Waals surface area (Å²) in [5.41, 5.74) is 0.548. The lowest BCUT2D eigenvalue weighted by Crippen LogP contribution is -2.54. The Morgan fingerprint density at radius 3 is 2.69 bits per heavy atom. The molecule has 0 N–H and O–H groups in total. The Kier molecular flexibility index (Phi) is 3.99. The molecule has 3 saturated carbocycles. The van der Waals surface area contributed by atoms with E-state index in [-0.39, 0.29) is 41.5 Å². The Bertz CT molecular complexity index is 760. The molecule has 0 saturated heterocycles. The van der Waals surface area contributed by atoms with Crippen molar-refractivity contribution in [2.24, 2.45) is 34.5 Å². The Balaban J connectivity index is 1.66. The van der Waals surface area contributed by atoms with Crippen molar-refractivity contribution in [1.82, 2.24) is 0 Å². The Morgan fingerprint density at radius 1 is 1.19 bits per heavy atom. The molecule has 0 amide bonds. The summed E-state index contributed by atoms with van der Waals surface area (Å²) < 4.78 is 0. The van der Waals surface area contributed by atoms with Crippen LogP contribution in [-0.2, 0) is 14.4 Å². The number of nitrogens with zero attached hydrogens (tertiary/aromatic N) is 1. The normalized spacial score (nSPS) is 44.4. The molecule has 4 aliphatic carbocycles. The summed E-state index contributed by atoms with van der Waals surface area (Å²) in [7, 11) is 0. The van der Waals surface area contributed by atoms with Crippen molar-refractivity contribution in [3.05, 3.63) is 11.6 Å². The molecule has 138 valence electrons. The summed E-state index contributed by atoms with van der Waals surface area (Å²) >= 11 is 0. The van der Waals surface area contributed by atoms with E-state index in [4.69, 9.17) is 5.26 Å². The highest BCUT2D eigenvalue weighted by molar-refractivity contribution is 6.11. The maximum atomic E-state index is 12.9. The first-order valence-corrected chi connectivity index (χ1v) is 9.99. The van der Waals surface area contributed by atoms with Crippen molar-refractivity contribution in [2.75, 3.05) is 0 Å². The van der Waals surface area contributed by atoms with E-state index in [9.17, 15) is 14.4 Å². The third kappa shape index (κ3) is 2.22. The maximum absolute atomic E-state index is 12.9. The molecule has 6 atom stereocenters. The van der Waals surface area contributed by atoms with E-state index in [1.165, 1.54) is 0 Å². The summed E-state index contributed by atoms with van der Waals surface area (Å²) in [5.74, 6) is 1.38. The second kappa shape index (κ2) is 5.87. The van der Waals surface area contributed by atoms with Crippen LogP contribution in [0.1, 0.15) is 65.2 Å². The van der Waals surface area contributed by atoms with Gasteiger partial charge in [-0.05, 0) is 74.7 Å². The van der Waals surface area contributed by atoms with Crippen LogP contribution in [0.5, 0.6) is 0 Å². The van der Waals surface area contributed by atoms with E-state index in [1.54, 1.807) is 6.08 Å². The minimum absolute atomic E-state index is 0.00137. The summed E-state index contributed by atoms with van der Waals surface area (Å²) in [6.07, 6.45) is 7.48. The molecule has 4 heteroatoms. The van der Waals surface area contributed by atoms with Crippen LogP contribution in [-0.4, -0.2) is 17.3 Å². The fourth-order valence-corrected chi connectivity index (χ4v) is 7.15. The van der Waals surface area contributed by atoms with Gasteiger partial charge in [0.25, 0.3) is 0 Å². The average molecular weight is 353 g/mol. The number of carbonyl (C=O) groups is 3. The number of rotatable bonds is 2. The molecule has 0 aliphatic heterocycles. The third-order valence-electron chi connectivity index (χ3n) is 8.48. The van der Waals surface area contributed by atoms with Gasteiger partial charge in [0.05, 0.1) is 24.3 Å². The van der Waals surface area contributed by atoms with Gasteiger partial charge in [-0.1, -0.05) is 12.5 Å². The standard InChI is InChI=1S/C22H27NO3/c1-21-9-7-17-15(16(21)5-6-18(21)19(25)8-10-23)4-3-13-11-14(24)12-20(26)22(13,17)2/h11,15-18H,3-9,12H2,1-2H3/t15-,16-,17-,18+,21-,22-/m0/s1. The van der Waals surface area contributed by atoms with Gasteiger partial charge in [0.1, 0.15) is 0 Å². The predicted molar refractivity (Wildman–Crippen MR) is 95.8 cm³/mol. The zero-order chi connectivity index (χ0) is 18.7. The molecule has 0 aromatic carbocycles. The smallest absolute Gasteiger partial charge is 0.163 e. The van der Waals surface area contributed by atoms with Gasteiger partial charge >= 0.3 is 0 Å². The van der Waals surface area contributed by atoms with E-state index in [1.807, 2.05) is 6.07 Å². The number of hydrogen-bond donors (Lipinski definition) is 0. The van der Waals surface area contributed by atoms with Crippen LogP contribution in [0.2, 0.25) is 0 Å². The van der Waals surface area contributed by atoms with E-state index >= 15 is 0 Å². The molecule has 0 aromatic heterocycles. The van der Waals surface area contributed by atoms with Crippen LogP contribution >= 0.6 is 0 Å². The Labute approximate surface area is 155 Å². The van der Waals surface area contributed by atoms with Gasteiger partial charge in [-0.3, -0.25) is 14.4 Å². The number of ketones is 3. The van der Waals surface area contributed by atoms with E-state index < -0.39 is 5.41 Å². The first kappa shape index (κ1) is 17.6. The van der Waals surface area contributed by atoms with Crippen LogP contribution in [0, 0.1) is 45.8 Å². The minimum atomic E-state index is -0.479. The average Bonchev–Trinajstić information content (AvgIpc) is 2.94. The number of Topliss-reactive ketones (excluding diaryl/α,β-unsaturated/α-hetero) is 2. The van der Waals surface area contributed by atoms with Crippen LogP contribution in [0.15, 0.2) is 11.6 Å². The number of nitriles is 1. The molecule has 4 aliphatic rings.